The molecule has 41 heavy (non-hydrogen) atoms. The number of fused-ring (bicyclic) bond motifs is 1. The largest absolute Gasteiger partial charge is 0.765 e. The Balaban J connectivity index is 1.76. The summed E-state index contributed by atoms with van der Waals surface area (Å²) in [5.41, 5.74) is 4.19. The number of ether oxygens (including phenoxy) is 1. The van der Waals surface area contributed by atoms with Crippen molar-refractivity contribution in [3.63, 3.8) is 0 Å². The van der Waals surface area contributed by atoms with E-state index < -0.39 is 10.0 Å². The van der Waals surface area contributed by atoms with Crippen molar-refractivity contribution in [3.05, 3.63) is 45.0 Å². The van der Waals surface area contributed by atoms with Gasteiger partial charge in [0.15, 0.2) is 0 Å². The van der Waals surface area contributed by atoms with Crippen LogP contribution in [-0.4, -0.2) is 91.4 Å². The predicted octanol–water partition coefficient (Wildman–Crippen LogP) is 2.04. The maximum Gasteiger partial charge on any atom is 0.275 e. The smallest absolute Gasteiger partial charge is 0.275 e. The van der Waals surface area contributed by atoms with Crippen LogP contribution in [0.5, 0.6) is 5.75 Å². The second-order valence-electron chi connectivity index (χ2n) is 9.86. The molecule has 0 unspecified atom stereocenters. The molecule has 0 spiro atoms. The first-order valence-electron chi connectivity index (χ1n) is 13.8. The normalized spacial score (nSPS) is 15.3. The molecule has 0 amide bonds. The summed E-state index contributed by atoms with van der Waals surface area (Å²) in [5, 5.41) is 10.3. The number of rotatable bonds is 13. The van der Waals surface area contributed by atoms with Crippen molar-refractivity contribution in [3.8, 4) is 17.1 Å². The summed E-state index contributed by atoms with van der Waals surface area (Å²) in [5.74, 6) is 0.679. The van der Waals surface area contributed by atoms with Gasteiger partial charge in [0.05, 0.1) is 29.4 Å². The molecule has 2 N–H and O–H groups in total. The molecule has 1 aromatic carbocycles. The zero-order chi connectivity index (χ0) is 29.6. The lowest BCUT2D eigenvalue weighted by Gasteiger charge is -2.34. The highest BCUT2D eigenvalue weighted by Gasteiger charge is 2.30. The highest BCUT2D eigenvalue weighted by Crippen LogP contribution is 2.33. The topological polar surface area (TPSA) is 157 Å². The van der Waals surface area contributed by atoms with Crippen LogP contribution < -0.4 is 15.9 Å². The van der Waals surface area contributed by atoms with E-state index in [0.717, 1.165) is 24.1 Å². The molecule has 3 aromatic rings. The fourth-order valence-corrected chi connectivity index (χ4v) is 6.54. The summed E-state index contributed by atoms with van der Waals surface area (Å²) in [4.78, 5) is 32.1. The fourth-order valence-electron chi connectivity index (χ4n) is 5.10. The van der Waals surface area contributed by atoms with Crippen molar-refractivity contribution in [1.82, 2.24) is 29.4 Å². The zero-order valence-electron chi connectivity index (χ0n) is 24.0. The van der Waals surface area contributed by atoms with Crippen molar-refractivity contribution in [2.24, 2.45) is 12.0 Å². The van der Waals surface area contributed by atoms with Gasteiger partial charge in [-0.2, -0.15) is 4.31 Å². The zero-order valence-corrected chi connectivity index (χ0v) is 24.8. The van der Waals surface area contributed by atoms with Crippen LogP contribution in [0, 0.1) is 5.21 Å². The standard InChI is InChI=1S/C27H38N7O6S/c1-5-7-20-22(18-28-3)32(4)25-24(20)29-26(30-27(25)35)21-17-19(8-9-23(21)39-15-6-2)41(37,38)34-12-10-33(11-13-34)14-16-40-31-36/h8-9,17-18,31H,5-7,10-16H2,1-4H3,(H,29,30,35)/q-1. The number of nitrogens with zero attached hydrogens (tertiary/aromatic N) is 5. The van der Waals surface area contributed by atoms with Gasteiger partial charge in [0.1, 0.15) is 22.6 Å². The first-order valence-corrected chi connectivity index (χ1v) is 15.2. The quantitative estimate of drug-likeness (QED) is 0.173. The Kier molecular flexibility index (Phi) is 10.3. The number of benzene rings is 1. The number of aliphatic imine (C=N–C) groups is 1. The van der Waals surface area contributed by atoms with Crippen molar-refractivity contribution in [2.75, 3.05) is 53.0 Å². The Morgan fingerprint density at radius 2 is 1.93 bits per heavy atom. The van der Waals surface area contributed by atoms with Crippen LogP contribution >= 0.6 is 0 Å². The number of aromatic amines is 1. The van der Waals surface area contributed by atoms with Crippen LogP contribution in [0.1, 0.15) is 37.9 Å². The molecule has 0 saturated carbocycles. The molecule has 1 saturated heterocycles. The average molecular weight is 589 g/mol. The summed E-state index contributed by atoms with van der Waals surface area (Å²) in [6.07, 6.45) is 4.03. The van der Waals surface area contributed by atoms with Gasteiger partial charge >= 0.3 is 0 Å². The van der Waals surface area contributed by atoms with E-state index in [0.29, 0.717) is 68.1 Å². The molecule has 1 aliphatic heterocycles. The van der Waals surface area contributed by atoms with E-state index in [9.17, 15) is 18.4 Å². The summed E-state index contributed by atoms with van der Waals surface area (Å²) in [6, 6.07) is 4.68. The molecule has 4 rings (SSSR count). The van der Waals surface area contributed by atoms with E-state index in [-0.39, 0.29) is 22.9 Å². The molecule has 0 bridgehead atoms. The first kappa shape index (κ1) is 30.8. The fraction of sp³-hybridized carbons (Fsp3) is 0.519. The monoisotopic (exact) mass is 588 g/mol. The summed E-state index contributed by atoms with van der Waals surface area (Å²) in [6.45, 7) is 6.79. The summed E-state index contributed by atoms with van der Waals surface area (Å²) in [7, 11) is -0.349. The summed E-state index contributed by atoms with van der Waals surface area (Å²) >= 11 is 0. The molecule has 13 nitrogen and oxygen atoms in total. The van der Waals surface area contributed by atoms with Gasteiger partial charge in [-0.15, -0.1) is 0 Å². The SMILES string of the molecule is CCCOc1ccc(S(=O)(=O)N2CCN(CCON[O-])CC2)cc1-c1nc2c(CCC)c(C=NC)n(C)c2c(=O)[nH]1. The number of nitrogens with one attached hydrogen (secondary N) is 2. The first-order chi connectivity index (χ1) is 19.8. The number of aryl methyl sites for hydroxylation is 2. The maximum atomic E-state index is 13.7. The second-order valence-corrected chi connectivity index (χ2v) is 11.8. The minimum Gasteiger partial charge on any atom is -0.765 e. The highest BCUT2D eigenvalue weighted by molar-refractivity contribution is 7.89. The van der Waals surface area contributed by atoms with E-state index in [2.05, 4.69) is 21.7 Å². The molecule has 0 atom stereocenters. The summed E-state index contributed by atoms with van der Waals surface area (Å²) < 4.78 is 36.6. The van der Waals surface area contributed by atoms with Gasteiger partial charge in [-0.1, -0.05) is 20.3 Å². The van der Waals surface area contributed by atoms with Crippen molar-refractivity contribution < 1.29 is 18.0 Å². The molecule has 1 aliphatic rings. The Morgan fingerprint density at radius 1 is 1.17 bits per heavy atom. The minimum absolute atomic E-state index is 0.0899. The molecule has 3 heterocycles. The third-order valence-corrected chi connectivity index (χ3v) is 9.04. The molecular formula is C27H38N7O6S-. The molecule has 0 radical (unpaired) electrons. The number of hydrogen-bond acceptors (Lipinski definition) is 10. The third kappa shape index (κ3) is 6.52. The van der Waals surface area contributed by atoms with Gasteiger partial charge in [-0.25, -0.2) is 13.4 Å². The Hall–Kier alpha value is -3.14. The number of aromatic nitrogens is 3. The van der Waals surface area contributed by atoms with Crippen LogP contribution in [0.2, 0.25) is 0 Å². The van der Waals surface area contributed by atoms with Gasteiger partial charge in [0.25, 0.3) is 5.56 Å². The molecule has 2 aromatic heterocycles. The number of sulfonamides is 1. The van der Waals surface area contributed by atoms with Crippen LogP contribution in [0.15, 0.2) is 32.9 Å². The Bertz CT molecular complexity index is 1540. The number of hydrogen-bond donors (Lipinski definition) is 2. The maximum absolute atomic E-state index is 13.7. The van der Waals surface area contributed by atoms with Gasteiger partial charge in [0.2, 0.25) is 10.0 Å². The molecule has 14 heteroatoms. The van der Waals surface area contributed by atoms with E-state index in [1.807, 2.05) is 18.9 Å². The molecule has 224 valence electrons. The third-order valence-electron chi connectivity index (χ3n) is 7.14. The van der Waals surface area contributed by atoms with Crippen LogP contribution in [-0.2, 0) is 28.3 Å². The highest BCUT2D eigenvalue weighted by atomic mass is 32.2. The second kappa shape index (κ2) is 13.7. The van der Waals surface area contributed by atoms with E-state index >= 15 is 0 Å². The van der Waals surface area contributed by atoms with Gasteiger partial charge in [-0.3, -0.25) is 20.3 Å². The average Bonchev–Trinajstić information content (AvgIpc) is 3.23. The number of piperazine rings is 1. The lowest BCUT2D eigenvalue weighted by Crippen LogP contribution is -2.49. The minimum atomic E-state index is -3.84. The molecular weight excluding hydrogens is 550 g/mol. The van der Waals surface area contributed by atoms with E-state index in [4.69, 9.17) is 9.72 Å². The van der Waals surface area contributed by atoms with Gasteiger partial charge in [0, 0.05) is 58.6 Å². The van der Waals surface area contributed by atoms with Crippen LogP contribution in [0.25, 0.3) is 22.4 Å². The Labute approximate surface area is 239 Å². The van der Waals surface area contributed by atoms with Crippen molar-refractivity contribution >= 4 is 27.3 Å². The van der Waals surface area contributed by atoms with Gasteiger partial charge in [-0.05, 0) is 31.0 Å². The Morgan fingerprint density at radius 3 is 2.59 bits per heavy atom. The van der Waals surface area contributed by atoms with Crippen molar-refractivity contribution in [2.45, 2.75) is 38.0 Å². The van der Waals surface area contributed by atoms with E-state index in [1.165, 1.54) is 22.1 Å². The van der Waals surface area contributed by atoms with Gasteiger partial charge < -0.3 is 24.3 Å². The van der Waals surface area contributed by atoms with E-state index in [1.54, 1.807) is 23.9 Å². The molecule has 1 fully saturated rings. The lowest BCUT2D eigenvalue weighted by atomic mass is 10.1. The lowest BCUT2D eigenvalue weighted by molar-refractivity contribution is 0.0455. The number of H-pyrrole nitrogens is 1. The predicted molar refractivity (Wildman–Crippen MR) is 158 cm³/mol. The van der Waals surface area contributed by atoms with Crippen LogP contribution in [0.4, 0.5) is 0 Å². The van der Waals surface area contributed by atoms with Crippen LogP contribution in [0.3, 0.4) is 0 Å². The van der Waals surface area contributed by atoms with Crippen molar-refractivity contribution in [1.29, 1.82) is 0 Å². The molecule has 0 aliphatic carbocycles.